The smallest absolute Gasteiger partial charge is 0.369 e. The SMILES string of the molecule is CN1CCN(C2CCN(c3ccccc3C(F)(F)F)C2)CC1. The Morgan fingerprint density at radius 2 is 1.68 bits per heavy atom. The third-order valence-corrected chi connectivity index (χ3v) is 4.77. The summed E-state index contributed by atoms with van der Waals surface area (Å²) in [4.78, 5) is 6.62. The van der Waals surface area contributed by atoms with Crippen LogP contribution in [0.4, 0.5) is 18.9 Å². The summed E-state index contributed by atoms with van der Waals surface area (Å²) in [6.07, 6.45) is -3.35. The van der Waals surface area contributed by atoms with E-state index in [-0.39, 0.29) is 0 Å². The summed E-state index contributed by atoms with van der Waals surface area (Å²) in [5.41, 5.74) is -0.194. The molecule has 0 aliphatic carbocycles. The molecule has 2 aliphatic rings. The molecule has 0 bridgehead atoms. The van der Waals surface area contributed by atoms with Crippen LogP contribution in [0.15, 0.2) is 24.3 Å². The normalized spacial score (nSPS) is 24.9. The van der Waals surface area contributed by atoms with Gasteiger partial charge in [-0.3, -0.25) is 4.90 Å². The van der Waals surface area contributed by atoms with Crippen LogP contribution in [0, 0.1) is 0 Å². The topological polar surface area (TPSA) is 9.72 Å². The molecule has 3 rings (SSSR count). The summed E-state index contributed by atoms with van der Waals surface area (Å²) in [5, 5.41) is 0. The summed E-state index contributed by atoms with van der Waals surface area (Å²) < 4.78 is 39.5. The minimum Gasteiger partial charge on any atom is -0.369 e. The van der Waals surface area contributed by atoms with E-state index in [4.69, 9.17) is 0 Å². The fraction of sp³-hybridized carbons (Fsp3) is 0.625. The number of para-hydroxylation sites is 1. The Morgan fingerprint density at radius 3 is 2.36 bits per heavy atom. The van der Waals surface area contributed by atoms with Crippen LogP contribution in [-0.2, 0) is 6.18 Å². The lowest BCUT2D eigenvalue weighted by atomic mass is 10.1. The van der Waals surface area contributed by atoms with Crippen molar-refractivity contribution in [3.8, 4) is 0 Å². The number of likely N-dealkylation sites (N-methyl/N-ethyl adjacent to an activating group) is 1. The number of halogens is 3. The van der Waals surface area contributed by atoms with Crippen molar-refractivity contribution in [2.24, 2.45) is 0 Å². The van der Waals surface area contributed by atoms with E-state index in [0.29, 0.717) is 24.8 Å². The fourth-order valence-electron chi connectivity index (χ4n) is 3.43. The maximum atomic E-state index is 13.2. The number of nitrogens with zero attached hydrogens (tertiary/aromatic N) is 3. The zero-order valence-electron chi connectivity index (χ0n) is 12.8. The van der Waals surface area contributed by atoms with Gasteiger partial charge in [0.15, 0.2) is 0 Å². The van der Waals surface area contributed by atoms with E-state index in [1.54, 1.807) is 12.1 Å². The molecule has 2 saturated heterocycles. The average molecular weight is 313 g/mol. The second kappa shape index (κ2) is 6.08. The molecule has 0 amide bonds. The zero-order chi connectivity index (χ0) is 15.7. The lowest BCUT2D eigenvalue weighted by Gasteiger charge is -2.36. The number of hydrogen-bond acceptors (Lipinski definition) is 3. The number of hydrogen-bond donors (Lipinski definition) is 0. The molecule has 122 valence electrons. The second-order valence-corrected chi connectivity index (χ2v) is 6.24. The predicted octanol–water partition coefficient (Wildman–Crippen LogP) is 2.53. The first-order valence-corrected chi connectivity index (χ1v) is 7.79. The Hall–Kier alpha value is -1.27. The monoisotopic (exact) mass is 313 g/mol. The van der Waals surface area contributed by atoms with Gasteiger partial charge in [0.1, 0.15) is 0 Å². The van der Waals surface area contributed by atoms with E-state index >= 15 is 0 Å². The van der Waals surface area contributed by atoms with Gasteiger partial charge in [-0.15, -0.1) is 0 Å². The van der Waals surface area contributed by atoms with Crippen LogP contribution in [0.1, 0.15) is 12.0 Å². The fourth-order valence-corrected chi connectivity index (χ4v) is 3.43. The summed E-state index contributed by atoms with van der Waals surface area (Å²) >= 11 is 0. The first-order valence-electron chi connectivity index (χ1n) is 7.79. The highest BCUT2D eigenvalue weighted by Crippen LogP contribution is 2.37. The molecule has 2 aliphatic heterocycles. The zero-order valence-corrected chi connectivity index (χ0v) is 12.8. The number of anilines is 1. The maximum absolute atomic E-state index is 13.2. The van der Waals surface area contributed by atoms with E-state index in [1.165, 1.54) is 12.1 Å². The third-order valence-electron chi connectivity index (χ3n) is 4.77. The van der Waals surface area contributed by atoms with Crippen LogP contribution >= 0.6 is 0 Å². The standard InChI is InChI=1S/C16H22F3N3/c1-20-8-10-21(11-9-20)13-6-7-22(12-13)15-5-3-2-4-14(15)16(17,18)19/h2-5,13H,6-12H2,1H3. The van der Waals surface area contributed by atoms with Crippen molar-refractivity contribution in [3.63, 3.8) is 0 Å². The Balaban J connectivity index is 1.71. The van der Waals surface area contributed by atoms with Gasteiger partial charge in [0.2, 0.25) is 0 Å². The summed E-state index contributed by atoms with van der Waals surface area (Å²) in [5.74, 6) is 0. The summed E-state index contributed by atoms with van der Waals surface area (Å²) in [6, 6.07) is 6.29. The average Bonchev–Trinajstić information content (AvgIpc) is 2.97. The molecule has 0 radical (unpaired) electrons. The Morgan fingerprint density at radius 1 is 1.00 bits per heavy atom. The van der Waals surface area contributed by atoms with Crippen molar-refractivity contribution in [2.75, 3.05) is 51.2 Å². The first-order chi connectivity index (χ1) is 10.4. The first kappa shape index (κ1) is 15.6. The van der Waals surface area contributed by atoms with Crippen LogP contribution in [0.3, 0.4) is 0 Å². The highest BCUT2D eigenvalue weighted by molar-refractivity contribution is 5.55. The molecule has 0 spiro atoms. The van der Waals surface area contributed by atoms with E-state index in [9.17, 15) is 13.2 Å². The molecule has 0 N–H and O–H groups in total. The maximum Gasteiger partial charge on any atom is 0.418 e. The van der Waals surface area contributed by atoms with Crippen molar-refractivity contribution < 1.29 is 13.2 Å². The number of benzene rings is 1. The molecule has 1 unspecified atom stereocenters. The van der Waals surface area contributed by atoms with Gasteiger partial charge in [0, 0.05) is 51.0 Å². The molecule has 22 heavy (non-hydrogen) atoms. The summed E-state index contributed by atoms with van der Waals surface area (Å²) in [7, 11) is 2.11. The van der Waals surface area contributed by atoms with Gasteiger partial charge in [-0.05, 0) is 25.6 Å². The van der Waals surface area contributed by atoms with Crippen LogP contribution in [0.5, 0.6) is 0 Å². The van der Waals surface area contributed by atoms with E-state index in [2.05, 4.69) is 16.8 Å². The molecule has 2 fully saturated rings. The van der Waals surface area contributed by atoms with Crippen molar-refractivity contribution in [2.45, 2.75) is 18.6 Å². The number of rotatable bonds is 2. The van der Waals surface area contributed by atoms with Gasteiger partial charge < -0.3 is 9.80 Å². The minimum atomic E-state index is -4.29. The van der Waals surface area contributed by atoms with Crippen molar-refractivity contribution in [1.29, 1.82) is 0 Å². The number of alkyl halides is 3. The van der Waals surface area contributed by atoms with Gasteiger partial charge in [-0.25, -0.2) is 0 Å². The minimum absolute atomic E-state index is 0.326. The van der Waals surface area contributed by atoms with Gasteiger partial charge in [0.25, 0.3) is 0 Å². The van der Waals surface area contributed by atoms with Gasteiger partial charge in [-0.2, -0.15) is 13.2 Å². The molecule has 1 aromatic rings. The quantitative estimate of drug-likeness (QED) is 0.831. The molecule has 6 heteroatoms. The molecule has 0 aromatic heterocycles. The van der Waals surface area contributed by atoms with E-state index < -0.39 is 11.7 Å². The number of piperazine rings is 1. The van der Waals surface area contributed by atoms with Crippen LogP contribution in [0.25, 0.3) is 0 Å². The molecule has 3 nitrogen and oxygen atoms in total. The van der Waals surface area contributed by atoms with Crippen LogP contribution in [0.2, 0.25) is 0 Å². The van der Waals surface area contributed by atoms with Gasteiger partial charge in [0.05, 0.1) is 5.56 Å². The van der Waals surface area contributed by atoms with Crippen LogP contribution in [-0.4, -0.2) is 62.2 Å². The Labute approximate surface area is 129 Å². The summed E-state index contributed by atoms with van der Waals surface area (Å²) in [6.45, 7) is 5.48. The Kier molecular flexibility index (Phi) is 4.32. The van der Waals surface area contributed by atoms with E-state index in [1.807, 2.05) is 4.90 Å². The molecule has 1 atom stereocenters. The van der Waals surface area contributed by atoms with Crippen molar-refractivity contribution in [3.05, 3.63) is 29.8 Å². The second-order valence-electron chi connectivity index (χ2n) is 6.24. The highest BCUT2D eigenvalue weighted by Gasteiger charge is 2.37. The third kappa shape index (κ3) is 3.22. The Bertz CT molecular complexity index is 510. The largest absolute Gasteiger partial charge is 0.418 e. The molecule has 2 heterocycles. The van der Waals surface area contributed by atoms with Crippen LogP contribution < -0.4 is 4.90 Å². The van der Waals surface area contributed by atoms with Gasteiger partial charge in [-0.1, -0.05) is 12.1 Å². The molecule has 1 aromatic carbocycles. The van der Waals surface area contributed by atoms with E-state index in [0.717, 1.165) is 32.6 Å². The molecular formula is C16H22F3N3. The lowest BCUT2D eigenvalue weighted by Crippen LogP contribution is -2.49. The van der Waals surface area contributed by atoms with Gasteiger partial charge >= 0.3 is 6.18 Å². The van der Waals surface area contributed by atoms with Crippen molar-refractivity contribution >= 4 is 5.69 Å². The van der Waals surface area contributed by atoms with Crippen molar-refractivity contribution in [1.82, 2.24) is 9.80 Å². The molecule has 0 saturated carbocycles. The predicted molar refractivity (Wildman–Crippen MR) is 81.1 cm³/mol. The highest BCUT2D eigenvalue weighted by atomic mass is 19.4. The molecular weight excluding hydrogens is 291 g/mol. The lowest BCUT2D eigenvalue weighted by molar-refractivity contribution is -0.137.